The summed E-state index contributed by atoms with van der Waals surface area (Å²) in [6.07, 6.45) is -1.73. The lowest BCUT2D eigenvalue weighted by Gasteiger charge is -2.04. The van der Waals surface area contributed by atoms with Gasteiger partial charge in [0.2, 0.25) is 5.89 Å². The van der Waals surface area contributed by atoms with E-state index in [1.807, 2.05) is 6.92 Å². The van der Waals surface area contributed by atoms with Crippen molar-refractivity contribution in [1.29, 1.82) is 0 Å². The lowest BCUT2D eigenvalue weighted by molar-refractivity contribution is -0.138. The van der Waals surface area contributed by atoms with Crippen molar-refractivity contribution in [2.24, 2.45) is 0 Å². The number of aryl methyl sites for hydroxylation is 1. The molecule has 0 spiro atoms. The van der Waals surface area contributed by atoms with Gasteiger partial charge in [-0.2, -0.15) is 18.2 Å². The number of carboxylic acids is 1. The Labute approximate surface area is 117 Å². The Morgan fingerprint density at radius 2 is 2.14 bits per heavy atom. The molecule has 0 fully saturated rings. The molecule has 0 aliphatic carbocycles. The van der Waals surface area contributed by atoms with Gasteiger partial charge >= 0.3 is 12.1 Å². The predicted molar refractivity (Wildman–Crippen MR) is 63.8 cm³/mol. The summed E-state index contributed by atoms with van der Waals surface area (Å²) < 4.78 is 44.2. The molecule has 0 amide bonds. The maximum absolute atomic E-state index is 12.7. The largest absolute Gasteiger partial charge is 0.478 e. The molecule has 9 heteroatoms. The second kappa shape index (κ2) is 5.58. The lowest BCUT2D eigenvalue weighted by atomic mass is 10.2. The minimum atomic E-state index is -4.73. The summed E-state index contributed by atoms with van der Waals surface area (Å²) in [4.78, 5) is 14.9. The first-order valence-electron chi connectivity index (χ1n) is 6.13. The van der Waals surface area contributed by atoms with Gasteiger partial charge in [-0.15, -0.1) is 0 Å². The number of aromatic nitrogens is 3. The normalized spacial score (nSPS) is 11.8. The molecule has 0 aliphatic heterocycles. The van der Waals surface area contributed by atoms with Crippen molar-refractivity contribution in [2.75, 3.05) is 0 Å². The van der Waals surface area contributed by atoms with Gasteiger partial charge in [0.25, 0.3) is 0 Å². The SMILES string of the molecule is CCCc1nc(Cn2cc(C(=O)O)c(C(F)(F)F)c2)no1. The fourth-order valence-electron chi connectivity index (χ4n) is 1.83. The molecule has 0 radical (unpaired) electrons. The molecular weight excluding hydrogens is 291 g/mol. The van der Waals surface area contributed by atoms with E-state index in [2.05, 4.69) is 10.1 Å². The van der Waals surface area contributed by atoms with Gasteiger partial charge in [-0.3, -0.25) is 0 Å². The van der Waals surface area contributed by atoms with Crippen LogP contribution in [0, 0.1) is 0 Å². The number of nitrogens with zero attached hydrogens (tertiary/aromatic N) is 3. The molecule has 0 saturated carbocycles. The van der Waals surface area contributed by atoms with Crippen molar-refractivity contribution in [3.05, 3.63) is 35.2 Å². The van der Waals surface area contributed by atoms with E-state index >= 15 is 0 Å². The van der Waals surface area contributed by atoms with Crippen LogP contribution in [0.4, 0.5) is 13.2 Å². The fraction of sp³-hybridized carbons (Fsp3) is 0.417. The molecule has 114 valence electrons. The highest BCUT2D eigenvalue weighted by Crippen LogP contribution is 2.32. The average Bonchev–Trinajstić information content (AvgIpc) is 2.96. The molecule has 0 saturated heterocycles. The van der Waals surface area contributed by atoms with Crippen molar-refractivity contribution >= 4 is 5.97 Å². The molecule has 0 bridgehead atoms. The summed E-state index contributed by atoms with van der Waals surface area (Å²) in [5.74, 6) is -1.05. The minimum Gasteiger partial charge on any atom is -0.478 e. The van der Waals surface area contributed by atoms with E-state index in [0.29, 0.717) is 12.3 Å². The quantitative estimate of drug-likeness (QED) is 0.918. The van der Waals surface area contributed by atoms with Crippen molar-refractivity contribution in [3.8, 4) is 0 Å². The molecule has 0 aromatic carbocycles. The number of carboxylic acid groups (broad SMARTS) is 1. The van der Waals surface area contributed by atoms with Crippen molar-refractivity contribution in [2.45, 2.75) is 32.5 Å². The second-order valence-corrected chi connectivity index (χ2v) is 4.42. The highest BCUT2D eigenvalue weighted by atomic mass is 19.4. The van der Waals surface area contributed by atoms with Crippen LogP contribution < -0.4 is 0 Å². The van der Waals surface area contributed by atoms with Gasteiger partial charge in [0.1, 0.15) is 0 Å². The van der Waals surface area contributed by atoms with Crippen LogP contribution in [0.2, 0.25) is 0 Å². The maximum atomic E-state index is 12.7. The standard InChI is InChI=1S/C12H12F3N3O3/c1-2-3-10-16-9(17-21-10)6-18-4-7(11(19)20)8(5-18)12(13,14)15/h4-5H,2-3,6H2,1H3,(H,19,20). The van der Waals surface area contributed by atoms with Gasteiger partial charge in [0, 0.05) is 18.8 Å². The number of hydrogen-bond donors (Lipinski definition) is 1. The molecule has 2 heterocycles. The Kier molecular flexibility index (Phi) is 4.01. The summed E-state index contributed by atoms with van der Waals surface area (Å²) in [5.41, 5.74) is -2.01. The van der Waals surface area contributed by atoms with Crippen LogP contribution in [0.1, 0.15) is 41.0 Å². The summed E-state index contributed by atoms with van der Waals surface area (Å²) in [7, 11) is 0. The Bertz CT molecular complexity index is 646. The minimum absolute atomic E-state index is 0.0937. The third-order valence-electron chi connectivity index (χ3n) is 2.71. The first kappa shape index (κ1) is 15.1. The van der Waals surface area contributed by atoms with Crippen LogP contribution in [0.3, 0.4) is 0 Å². The Balaban J connectivity index is 2.26. The number of carbonyl (C=O) groups is 1. The second-order valence-electron chi connectivity index (χ2n) is 4.42. The van der Waals surface area contributed by atoms with E-state index in [0.717, 1.165) is 23.4 Å². The molecule has 6 nitrogen and oxygen atoms in total. The molecule has 0 unspecified atom stereocenters. The van der Waals surface area contributed by atoms with Crippen molar-refractivity contribution < 1.29 is 27.6 Å². The monoisotopic (exact) mass is 303 g/mol. The van der Waals surface area contributed by atoms with E-state index in [-0.39, 0.29) is 12.4 Å². The van der Waals surface area contributed by atoms with E-state index in [1.54, 1.807) is 0 Å². The zero-order chi connectivity index (χ0) is 15.6. The van der Waals surface area contributed by atoms with Gasteiger partial charge in [-0.05, 0) is 6.42 Å². The third-order valence-corrected chi connectivity index (χ3v) is 2.71. The third kappa shape index (κ3) is 3.41. The number of hydrogen-bond acceptors (Lipinski definition) is 4. The predicted octanol–water partition coefficient (Wildman–Crippen LogP) is 2.59. The molecule has 2 rings (SSSR count). The number of alkyl halides is 3. The Morgan fingerprint density at radius 3 is 2.67 bits per heavy atom. The smallest absolute Gasteiger partial charge is 0.418 e. The first-order chi connectivity index (χ1) is 9.81. The van der Waals surface area contributed by atoms with Gasteiger partial charge < -0.3 is 14.2 Å². The maximum Gasteiger partial charge on any atom is 0.418 e. The molecule has 21 heavy (non-hydrogen) atoms. The topological polar surface area (TPSA) is 81.2 Å². The molecule has 0 atom stereocenters. The summed E-state index contributed by atoms with van der Waals surface area (Å²) in [5, 5.41) is 12.5. The number of rotatable bonds is 5. The Morgan fingerprint density at radius 1 is 1.43 bits per heavy atom. The van der Waals surface area contributed by atoms with Gasteiger partial charge in [0.15, 0.2) is 5.82 Å². The van der Waals surface area contributed by atoms with E-state index in [9.17, 15) is 18.0 Å². The fourth-order valence-corrected chi connectivity index (χ4v) is 1.83. The van der Waals surface area contributed by atoms with Crippen molar-refractivity contribution in [1.82, 2.24) is 14.7 Å². The van der Waals surface area contributed by atoms with Gasteiger partial charge in [-0.1, -0.05) is 12.1 Å². The zero-order valence-electron chi connectivity index (χ0n) is 11.0. The molecular formula is C12H12F3N3O3. The van der Waals surface area contributed by atoms with Crippen LogP contribution >= 0.6 is 0 Å². The highest BCUT2D eigenvalue weighted by Gasteiger charge is 2.37. The number of aromatic carboxylic acids is 1. The van der Waals surface area contributed by atoms with Crippen LogP contribution in [0.25, 0.3) is 0 Å². The Hall–Kier alpha value is -2.32. The highest BCUT2D eigenvalue weighted by molar-refractivity contribution is 5.89. The van der Waals surface area contributed by atoms with E-state index in [1.165, 1.54) is 0 Å². The summed E-state index contributed by atoms with van der Waals surface area (Å²) >= 11 is 0. The summed E-state index contributed by atoms with van der Waals surface area (Å²) in [6.45, 7) is 1.83. The van der Waals surface area contributed by atoms with Gasteiger partial charge in [-0.25, -0.2) is 4.79 Å². The number of halogens is 3. The zero-order valence-corrected chi connectivity index (χ0v) is 11.0. The lowest BCUT2D eigenvalue weighted by Crippen LogP contribution is -2.09. The van der Waals surface area contributed by atoms with Crippen LogP contribution in [-0.2, 0) is 19.1 Å². The van der Waals surface area contributed by atoms with Crippen LogP contribution in [0.15, 0.2) is 16.9 Å². The van der Waals surface area contributed by atoms with Gasteiger partial charge in [0.05, 0.1) is 17.7 Å². The molecule has 0 aliphatic rings. The van der Waals surface area contributed by atoms with E-state index in [4.69, 9.17) is 9.63 Å². The summed E-state index contributed by atoms with van der Waals surface area (Å²) in [6, 6.07) is 0. The van der Waals surface area contributed by atoms with Crippen molar-refractivity contribution in [3.63, 3.8) is 0 Å². The average molecular weight is 303 g/mol. The molecule has 1 N–H and O–H groups in total. The van der Waals surface area contributed by atoms with Crippen LogP contribution in [0.5, 0.6) is 0 Å². The molecule has 2 aromatic rings. The molecule has 2 aromatic heterocycles. The van der Waals surface area contributed by atoms with E-state index < -0.39 is 23.3 Å². The van der Waals surface area contributed by atoms with Crippen LogP contribution in [-0.4, -0.2) is 25.8 Å². The first-order valence-corrected chi connectivity index (χ1v) is 6.13.